The molecule has 15 heavy (non-hydrogen) atoms. The third-order valence-corrected chi connectivity index (χ3v) is 2.47. The Morgan fingerprint density at radius 3 is 2.73 bits per heavy atom. The summed E-state index contributed by atoms with van der Waals surface area (Å²) in [5.74, 6) is -0.212. The average molecular weight is 207 g/mol. The Bertz CT molecular complexity index is 311. The van der Waals surface area contributed by atoms with Gasteiger partial charge in [0.1, 0.15) is 0 Å². The highest BCUT2D eigenvalue weighted by Crippen LogP contribution is 2.22. The first-order chi connectivity index (χ1) is 7.09. The number of carboxylic acids is 1. The van der Waals surface area contributed by atoms with Crippen molar-refractivity contribution >= 4 is 5.97 Å². The molecule has 1 aromatic heterocycles. The second-order valence-corrected chi connectivity index (χ2v) is 4.09. The van der Waals surface area contributed by atoms with Crippen molar-refractivity contribution in [3.8, 4) is 0 Å². The van der Waals surface area contributed by atoms with Gasteiger partial charge in [0.05, 0.1) is 0 Å². The second kappa shape index (κ2) is 5.49. The van der Waals surface area contributed by atoms with Gasteiger partial charge in [-0.25, -0.2) is 0 Å². The Balaban J connectivity index is 2.49. The van der Waals surface area contributed by atoms with Gasteiger partial charge < -0.3 is 5.11 Å². The molecule has 0 radical (unpaired) electrons. The molecule has 1 aromatic rings. The number of aromatic nitrogens is 1. The molecule has 1 N–H and O–H groups in total. The van der Waals surface area contributed by atoms with Crippen molar-refractivity contribution in [3.05, 3.63) is 30.1 Å². The zero-order valence-electron chi connectivity index (χ0n) is 9.18. The maximum atomic E-state index is 10.5. The van der Waals surface area contributed by atoms with Crippen LogP contribution in [0.15, 0.2) is 24.4 Å². The van der Waals surface area contributed by atoms with Crippen molar-refractivity contribution in [2.24, 2.45) is 5.92 Å². The number of pyridine rings is 1. The molecule has 0 saturated heterocycles. The van der Waals surface area contributed by atoms with Gasteiger partial charge in [-0.05, 0) is 30.4 Å². The van der Waals surface area contributed by atoms with E-state index in [1.165, 1.54) is 0 Å². The van der Waals surface area contributed by atoms with Gasteiger partial charge in [0.25, 0.3) is 0 Å². The predicted molar refractivity (Wildman–Crippen MR) is 58.7 cm³/mol. The molecule has 0 amide bonds. The molecule has 0 aliphatic carbocycles. The third-order valence-electron chi connectivity index (χ3n) is 2.47. The van der Waals surface area contributed by atoms with Crippen LogP contribution in [0.5, 0.6) is 0 Å². The van der Waals surface area contributed by atoms with E-state index in [2.05, 4.69) is 11.9 Å². The highest BCUT2D eigenvalue weighted by atomic mass is 16.4. The van der Waals surface area contributed by atoms with E-state index in [0.717, 1.165) is 12.1 Å². The normalized spacial score (nSPS) is 14.5. The van der Waals surface area contributed by atoms with E-state index in [1.54, 1.807) is 6.20 Å². The zero-order valence-corrected chi connectivity index (χ0v) is 9.18. The Hall–Kier alpha value is -1.38. The Kier molecular flexibility index (Phi) is 4.28. The van der Waals surface area contributed by atoms with E-state index >= 15 is 0 Å². The van der Waals surface area contributed by atoms with Crippen LogP contribution in [-0.2, 0) is 4.79 Å². The molecule has 0 spiro atoms. The lowest BCUT2D eigenvalue weighted by Crippen LogP contribution is -2.08. The van der Waals surface area contributed by atoms with E-state index in [4.69, 9.17) is 5.11 Å². The van der Waals surface area contributed by atoms with Gasteiger partial charge in [-0.1, -0.05) is 19.9 Å². The van der Waals surface area contributed by atoms with Crippen LogP contribution in [0.1, 0.15) is 38.3 Å². The maximum absolute atomic E-state index is 10.5. The molecule has 1 heterocycles. The lowest BCUT2D eigenvalue weighted by Gasteiger charge is -2.14. The highest BCUT2D eigenvalue weighted by molar-refractivity contribution is 5.66. The quantitative estimate of drug-likeness (QED) is 0.807. The van der Waals surface area contributed by atoms with Crippen LogP contribution < -0.4 is 0 Å². The van der Waals surface area contributed by atoms with Crippen LogP contribution in [0.4, 0.5) is 0 Å². The summed E-state index contributed by atoms with van der Waals surface area (Å²) in [4.78, 5) is 14.8. The Labute approximate surface area is 90.2 Å². The molecule has 3 nitrogen and oxygen atoms in total. The number of hydrogen-bond acceptors (Lipinski definition) is 2. The lowest BCUT2D eigenvalue weighted by molar-refractivity contribution is -0.138. The van der Waals surface area contributed by atoms with Gasteiger partial charge in [0, 0.05) is 18.3 Å². The zero-order chi connectivity index (χ0) is 11.3. The molecule has 0 bridgehead atoms. The summed E-state index contributed by atoms with van der Waals surface area (Å²) in [7, 11) is 0. The molecule has 0 saturated carbocycles. The topological polar surface area (TPSA) is 50.2 Å². The standard InChI is InChI=1S/C12H17NO2/c1-9(8-12(14)15)7-10(2)11-5-3-4-6-13-11/h3-6,9-10H,7-8H2,1-2H3,(H,14,15). The van der Waals surface area contributed by atoms with E-state index in [9.17, 15) is 4.79 Å². The van der Waals surface area contributed by atoms with Gasteiger partial charge in [-0.2, -0.15) is 0 Å². The fourth-order valence-corrected chi connectivity index (χ4v) is 1.77. The molecule has 1 rings (SSSR count). The van der Waals surface area contributed by atoms with E-state index in [-0.39, 0.29) is 12.3 Å². The van der Waals surface area contributed by atoms with Gasteiger partial charge in [0.2, 0.25) is 0 Å². The first-order valence-electron chi connectivity index (χ1n) is 5.22. The number of aliphatic carboxylic acids is 1. The number of nitrogens with zero attached hydrogens (tertiary/aromatic N) is 1. The van der Waals surface area contributed by atoms with Crippen molar-refractivity contribution in [3.63, 3.8) is 0 Å². The van der Waals surface area contributed by atoms with Crippen molar-refractivity contribution in [1.82, 2.24) is 4.98 Å². The Morgan fingerprint density at radius 1 is 1.47 bits per heavy atom. The fourth-order valence-electron chi connectivity index (χ4n) is 1.77. The molecule has 2 unspecified atom stereocenters. The average Bonchev–Trinajstić information content (AvgIpc) is 2.17. The minimum Gasteiger partial charge on any atom is -0.481 e. The van der Waals surface area contributed by atoms with Crippen LogP contribution >= 0.6 is 0 Å². The van der Waals surface area contributed by atoms with E-state index < -0.39 is 5.97 Å². The number of carbonyl (C=O) groups is 1. The van der Waals surface area contributed by atoms with Gasteiger partial charge in [0.15, 0.2) is 0 Å². The smallest absolute Gasteiger partial charge is 0.303 e. The SMILES string of the molecule is CC(CC(=O)O)CC(C)c1ccccn1. The monoisotopic (exact) mass is 207 g/mol. The second-order valence-electron chi connectivity index (χ2n) is 4.09. The van der Waals surface area contributed by atoms with Crippen LogP contribution in [0, 0.1) is 5.92 Å². The first kappa shape index (κ1) is 11.7. The van der Waals surface area contributed by atoms with Gasteiger partial charge >= 0.3 is 5.97 Å². The van der Waals surface area contributed by atoms with Crippen LogP contribution in [0.25, 0.3) is 0 Å². The van der Waals surface area contributed by atoms with E-state index in [0.29, 0.717) is 5.92 Å². The largest absolute Gasteiger partial charge is 0.481 e. The number of rotatable bonds is 5. The van der Waals surface area contributed by atoms with Crippen LogP contribution in [0.3, 0.4) is 0 Å². The summed E-state index contributed by atoms with van der Waals surface area (Å²) < 4.78 is 0. The van der Waals surface area contributed by atoms with E-state index in [1.807, 2.05) is 25.1 Å². The first-order valence-corrected chi connectivity index (χ1v) is 5.22. The highest BCUT2D eigenvalue weighted by Gasteiger charge is 2.13. The molecule has 0 aliphatic rings. The van der Waals surface area contributed by atoms with Crippen molar-refractivity contribution in [2.75, 3.05) is 0 Å². The molecule has 0 fully saturated rings. The summed E-state index contributed by atoms with van der Waals surface area (Å²) in [6.07, 6.45) is 2.87. The number of carboxylic acid groups (broad SMARTS) is 1. The summed E-state index contributed by atoms with van der Waals surface area (Å²) in [6.45, 7) is 4.05. The summed E-state index contributed by atoms with van der Waals surface area (Å²) >= 11 is 0. The molecule has 3 heteroatoms. The Morgan fingerprint density at radius 2 is 2.20 bits per heavy atom. The van der Waals surface area contributed by atoms with Crippen LogP contribution in [0.2, 0.25) is 0 Å². The fraction of sp³-hybridized carbons (Fsp3) is 0.500. The summed E-state index contributed by atoms with van der Waals surface area (Å²) in [6, 6.07) is 5.83. The van der Waals surface area contributed by atoms with Crippen LogP contribution in [-0.4, -0.2) is 16.1 Å². The lowest BCUT2D eigenvalue weighted by atomic mass is 9.92. The summed E-state index contributed by atoms with van der Waals surface area (Å²) in [5, 5.41) is 8.65. The molecular formula is C12H17NO2. The molecule has 0 aliphatic heterocycles. The summed E-state index contributed by atoms with van der Waals surface area (Å²) in [5.41, 5.74) is 1.04. The van der Waals surface area contributed by atoms with Gasteiger partial charge in [-0.3, -0.25) is 9.78 Å². The maximum Gasteiger partial charge on any atom is 0.303 e. The minimum absolute atomic E-state index is 0.194. The molecule has 82 valence electrons. The van der Waals surface area contributed by atoms with Gasteiger partial charge in [-0.15, -0.1) is 0 Å². The van der Waals surface area contributed by atoms with Crippen molar-refractivity contribution in [2.45, 2.75) is 32.6 Å². The van der Waals surface area contributed by atoms with Crippen molar-refractivity contribution in [1.29, 1.82) is 0 Å². The molecular weight excluding hydrogens is 190 g/mol. The number of hydrogen-bond donors (Lipinski definition) is 1. The predicted octanol–water partition coefficient (Wildman–Crippen LogP) is 2.69. The molecule has 2 atom stereocenters. The minimum atomic E-state index is -0.726. The third kappa shape index (κ3) is 4.11. The van der Waals surface area contributed by atoms with Crippen molar-refractivity contribution < 1.29 is 9.90 Å². The molecule has 0 aromatic carbocycles.